The Morgan fingerprint density at radius 1 is 1.30 bits per heavy atom. The molecule has 0 aliphatic heterocycles. The monoisotopic (exact) mass is 139 g/mol. The van der Waals surface area contributed by atoms with Crippen LogP contribution in [0.2, 0.25) is 0 Å². The molecule has 3 saturated carbocycles. The zero-order valence-electron chi connectivity index (χ0n) is 6.93. The molecule has 0 spiro atoms. The highest BCUT2D eigenvalue weighted by atomic mass is 14.7. The summed E-state index contributed by atoms with van der Waals surface area (Å²) in [6.07, 6.45) is 4.07. The fourth-order valence-corrected chi connectivity index (χ4v) is 2.87. The summed E-state index contributed by atoms with van der Waals surface area (Å²) >= 11 is 0. The van der Waals surface area contributed by atoms with Crippen LogP contribution in [0.15, 0.2) is 0 Å². The van der Waals surface area contributed by atoms with Gasteiger partial charge in [-0.3, -0.25) is 0 Å². The maximum atomic E-state index is 5.99. The van der Waals surface area contributed by atoms with E-state index < -0.39 is 0 Å². The average Bonchev–Trinajstić information content (AvgIpc) is 1.87. The third-order valence-electron chi connectivity index (χ3n) is 3.91. The first kappa shape index (κ1) is 6.66. The SMILES string of the molecule is CC1(C)[C@@H]2CC[C@H](N)[C@@H]1C2. The van der Waals surface area contributed by atoms with Gasteiger partial charge in [-0.25, -0.2) is 0 Å². The minimum Gasteiger partial charge on any atom is -0.327 e. The topological polar surface area (TPSA) is 26.0 Å². The van der Waals surface area contributed by atoms with Gasteiger partial charge < -0.3 is 5.73 Å². The summed E-state index contributed by atoms with van der Waals surface area (Å²) in [6.45, 7) is 4.76. The van der Waals surface area contributed by atoms with E-state index in [4.69, 9.17) is 5.73 Å². The lowest BCUT2D eigenvalue weighted by atomic mass is 9.47. The molecule has 0 aromatic carbocycles. The third-order valence-corrected chi connectivity index (χ3v) is 3.91. The summed E-state index contributed by atoms with van der Waals surface area (Å²) in [5.74, 6) is 1.84. The molecule has 0 aromatic heterocycles. The maximum absolute atomic E-state index is 5.99. The predicted octanol–water partition coefficient (Wildman–Crippen LogP) is 1.77. The Labute approximate surface area is 63.0 Å². The third kappa shape index (κ3) is 0.619. The maximum Gasteiger partial charge on any atom is 0.00725 e. The number of fused-ring (bicyclic) bond motifs is 2. The number of hydrogen-bond acceptors (Lipinski definition) is 1. The molecule has 0 radical (unpaired) electrons. The first-order valence-electron chi connectivity index (χ1n) is 4.38. The van der Waals surface area contributed by atoms with Gasteiger partial charge >= 0.3 is 0 Å². The van der Waals surface area contributed by atoms with Crippen molar-refractivity contribution < 1.29 is 0 Å². The molecule has 2 bridgehead atoms. The van der Waals surface area contributed by atoms with Crippen molar-refractivity contribution >= 4 is 0 Å². The minimum atomic E-state index is 0.514. The molecular weight excluding hydrogens is 122 g/mol. The van der Waals surface area contributed by atoms with Crippen LogP contribution in [0.5, 0.6) is 0 Å². The molecule has 58 valence electrons. The van der Waals surface area contributed by atoms with Gasteiger partial charge in [0.1, 0.15) is 0 Å². The van der Waals surface area contributed by atoms with E-state index in [1.54, 1.807) is 0 Å². The highest BCUT2D eigenvalue weighted by Gasteiger charge is 2.53. The number of nitrogens with two attached hydrogens (primary N) is 1. The van der Waals surface area contributed by atoms with Crippen LogP contribution in [0.25, 0.3) is 0 Å². The summed E-state index contributed by atoms with van der Waals surface area (Å²) in [5, 5.41) is 0. The van der Waals surface area contributed by atoms with E-state index in [2.05, 4.69) is 13.8 Å². The molecule has 10 heavy (non-hydrogen) atoms. The van der Waals surface area contributed by atoms with E-state index >= 15 is 0 Å². The molecule has 3 atom stereocenters. The zero-order chi connectivity index (χ0) is 7.35. The first-order valence-corrected chi connectivity index (χ1v) is 4.38. The van der Waals surface area contributed by atoms with Gasteiger partial charge in [0, 0.05) is 6.04 Å². The Hall–Kier alpha value is -0.0400. The van der Waals surface area contributed by atoms with E-state index in [1.807, 2.05) is 0 Å². The number of rotatable bonds is 0. The van der Waals surface area contributed by atoms with Crippen molar-refractivity contribution in [3.63, 3.8) is 0 Å². The standard InChI is InChI=1S/C9H17N/c1-9(2)6-3-4-8(10)7(9)5-6/h6-8H,3-5,10H2,1-2H3/t6-,7+,8+/m1/s1. The van der Waals surface area contributed by atoms with Gasteiger partial charge in [0.05, 0.1) is 0 Å². The van der Waals surface area contributed by atoms with Gasteiger partial charge in [0.25, 0.3) is 0 Å². The zero-order valence-corrected chi connectivity index (χ0v) is 6.93. The molecule has 2 N–H and O–H groups in total. The van der Waals surface area contributed by atoms with Crippen molar-refractivity contribution in [1.82, 2.24) is 0 Å². The quantitative estimate of drug-likeness (QED) is 0.544. The van der Waals surface area contributed by atoms with Crippen molar-refractivity contribution in [2.45, 2.75) is 39.2 Å². The summed E-state index contributed by atoms with van der Waals surface area (Å²) in [5.41, 5.74) is 6.57. The summed E-state index contributed by atoms with van der Waals surface area (Å²) in [6, 6.07) is 0.514. The van der Waals surface area contributed by atoms with Crippen LogP contribution in [-0.4, -0.2) is 6.04 Å². The molecule has 0 aromatic rings. The Balaban J connectivity index is 2.16. The summed E-state index contributed by atoms with van der Waals surface area (Å²) in [7, 11) is 0. The molecule has 1 heteroatoms. The van der Waals surface area contributed by atoms with Crippen molar-refractivity contribution in [3.05, 3.63) is 0 Å². The van der Waals surface area contributed by atoms with Gasteiger partial charge in [0.2, 0.25) is 0 Å². The second-order valence-electron chi connectivity index (χ2n) is 4.60. The van der Waals surface area contributed by atoms with Crippen LogP contribution in [0, 0.1) is 17.3 Å². The summed E-state index contributed by atoms with van der Waals surface area (Å²) < 4.78 is 0. The van der Waals surface area contributed by atoms with Gasteiger partial charge in [-0.15, -0.1) is 0 Å². The molecule has 3 aliphatic rings. The minimum absolute atomic E-state index is 0.514. The van der Waals surface area contributed by atoms with Crippen molar-refractivity contribution in [3.8, 4) is 0 Å². The molecule has 3 aliphatic carbocycles. The lowest BCUT2D eigenvalue weighted by Gasteiger charge is -2.59. The Morgan fingerprint density at radius 3 is 2.30 bits per heavy atom. The molecule has 0 heterocycles. The Bertz CT molecular complexity index is 149. The molecule has 0 unspecified atom stereocenters. The van der Waals surface area contributed by atoms with Gasteiger partial charge in [0.15, 0.2) is 0 Å². The van der Waals surface area contributed by atoms with Crippen LogP contribution in [-0.2, 0) is 0 Å². The van der Waals surface area contributed by atoms with Crippen molar-refractivity contribution in [1.29, 1.82) is 0 Å². The van der Waals surface area contributed by atoms with E-state index in [0.717, 1.165) is 11.8 Å². The Morgan fingerprint density at radius 2 is 2.00 bits per heavy atom. The highest BCUT2D eigenvalue weighted by Crippen LogP contribution is 2.58. The first-order chi connectivity index (χ1) is 4.62. The lowest BCUT2D eigenvalue weighted by molar-refractivity contribution is -0.0777. The Kier molecular flexibility index (Phi) is 1.17. The van der Waals surface area contributed by atoms with E-state index in [0.29, 0.717) is 11.5 Å². The molecule has 0 amide bonds. The lowest BCUT2D eigenvalue weighted by Crippen LogP contribution is -2.57. The number of hydrogen-bond donors (Lipinski definition) is 1. The van der Waals surface area contributed by atoms with Crippen LogP contribution >= 0.6 is 0 Å². The van der Waals surface area contributed by atoms with Crippen LogP contribution in [0.3, 0.4) is 0 Å². The average molecular weight is 139 g/mol. The van der Waals surface area contributed by atoms with E-state index in [-0.39, 0.29) is 0 Å². The summed E-state index contributed by atoms with van der Waals surface area (Å²) in [4.78, 5) is 0. The highest BCUT2D eigenvalue weighted by molar-refractivity contribution is 5.04. The fraction of sp³-hybridized carbons (Fsp3) is 1.00. The van der Waals surface area contributed by atoms with Crippen molar-refractivity contribution in [2.75, 3.05) is 0 Å². The smallest absolute Gasteiger partial charge is 0.00725 e. The van der Waals surface area contributed by atoms with E-state index in [9.17, 15) is 0 Å². The van der Waals surface area contributed by atoms with Gasteiger partial charge in [-0.1, -0.05) is 13.8 Å². The second kappa shape index (κ2) is 1.76. The van der Waals surface area contributed by atoms with Crippen LogP contribution < -0.4 is 5.73 Å². The normalized spacial score (nSPS) is 50.1. The molecule has 0 saturated heterocycles. The van der Waals surface area contributed by atoms with Gasteiger partial charge in [-0.2, -0.15) is 0 Å². The van der Waals surface area contributed by atoms with Gasteiger partial charge in [-0.05, 0) is 36.5 Å². The second-order valence-corrected chi connectivity index (χ2v) is 4.60. The van der Waals surface area contributed by atoms with Crippen LogP contribution in [0.1, 0.15) is 33.1 Å². The van der Waals surface area contributed by atoms with E-state index in [1.165, 1.54) is 19.3 Å². The van der Waals surface area contributed by atoms with Crippen LogP contribution in [0.4, 0.5) is 0 Å². The molecular formula is C9H17N. The predicted molar refractivity (Wildman–Crippen MR) is 42.6 cm³/mol. The largest absolute Gasteiger partial charge is 0.327 e. The molecule has 1 nitrogen and oxygen atoms in total. The molecule has 3 fully saturated rings. The fourth-order valence-electron chi connectivity index (χ4n) is 2.87. The van der Waals surface area contributed by atoms with Crippen molar-refractivity contribution in [2.24, 2.45) is 23.0 Å². The molecule has 3 rings (SSSR count).